The molecule has 0 unspecified atom stereocenters. The molecule has 1 aliphatic rings. The minimum Gasteiger partial charge on any atom is -0.507 e. The van der Waals surface area contributed by atoms with E-state index in [9.17, 15) is 40.9 Å². The maximum absolute atomic E-state index is 11.9. The van der Waals surface area contributed by atoms with Crippen molar-refractivity contribution < 1.29 is 78.7 Å². The predicted octanol–water partition coefficient (Wildman–Crippen LogP) is 22.8. The van der Waals surface area contributed by atoms with Crippen molar-refractivity contribution in [3.8, 4) is 46.0 Å². The van der Waals surface area contributed by atoms with E-state index in [1.807, 2.05) is 48.5 Å². The molecule has 8 atom stereocenters. The first-order valence-electron chi connectivity index (χ1n) is 47.0. The van der Waals surface area contributed by atoms with Gasteiger partial charge in [0.1, 0.15) is 46.0 Å². The molecule has 0 saturated heterocycles. The third-order valence-electron chi connectivity index (χ3n) is 23.5. The first-order valence-corrected chi connectivity index (χ1v) is 50.2. The molecule has 8 aromatic carbocycles. The highest BCUT2D eigenvalue weighted by molar-refractivity contribution is 7.27. The minimum absolute atomic E-state index is 0.0170. The highest BCUT2D eigenvalue weighted by Crippen LogP contribution is 2.45. The highest BCUT2D eigenvalue weighted by Gasteiger charge is 2.28. The zero-order valence-corrected chi connectivity index (χ0v) is 80.4. The second-order valence-electron chi connectivity index (χ2n) is 33.9. The molecule has 0 saturated carbocycles. The second-order valence-corrected chi connectivity index (χ2v) is 38.2. The molecule has 5 heterocycles. The van der Waals surface area contributed by atoms with Gasteiger partial charge in [-0.2, -0.15) is 0 Å². The number of phenolic OH excluding ortho intramolecular Hbond substituents is 8. The molecule has 8 N–H and O–H groups in total. The molecule has 24 nitrogen and oxygen atoms in total. The lowest BCUT2D eigenvalue weighted by Crippen LogP contribution is -2.32. The number of unbranched alkanes of at least 4 members (excludes halogenated alkanes) is 8. The summed E-state index contributed by atoms with van der Waals surface area (Å²) in [5, 5.41) is 101. The molecule has 4 aromatic heterocycles. The van der Waals surface area contributed by atoms with E-state index in [4.69, 9.17) is 77.8 Å². The van der Waals surface area contributed by atoms with Crippen LogP contribution in [0.5, 0.6) is 46.0 Å². The highest BCUT2D eigenvalue weighted by atomic mass is 32.1. The molecule has 28 heteroatoms. The van der Waals surface area contributed by atoms with Gasteiger partial charge in [0.05, 0.1) is 101 Å². The number of hydrogen-bond acceptors (Lipinski definition) is 28. The Kier molecular flexibility index (Phi) is 38.0. The average Bonchev–Trinajstić information content (AvgIpc) is 1.63. The van der Waals surface area contributed by atoms with Crippen molar-refractivity contribution >= 4 is 176 Å². The Labute approximate surface area is 788 Å². The average molecular weight is 1870 g/mol. The van der Waals surface area contributed by atoms with Crippen LogP contribution in [0.4, 0.5) is 0 Å². The van der Waals surface area contributed by atoms with Gasteiger partial charge < -0.3 is 78.7 Å². The lowest BCUT2D eigenvalue weighted by molar-refractivity contribution is 0.0796. The van der Waals surface area contributed by atoms with Gasteiger partial charge in [-0.15, -0.1) is 45.3 Å². The summed E-state index contributed by atoms with van der Waals surface area (Å²) in [5.41, 5.74) is 3.70. The van der Waals surface area contributed by atoms with Crippen LogP contribution in [0, 0.1) is 0 Å². The Balaban J connectivity index is 0.913. The summed E-state index contributed by atoms with van der Waals surface area (Å²) in [7, 11) is 0. The Hall–Kier alpha value is -9.92. The van der Waals surface area contributed by atoms with Gasteiger partial charge in [0.2, 0.25) is 0 Å². The second kappa shape index (κ2) is 50.4. The number of ether oxygens (including phenoxy) is 8. The van der Waals surface area contributed by atoms with E-state index in [1.165, 1.54) is 45.3 Å². The molecule has 13 rings (SSSR count). The van der Waals surface area contributed by atoms with Crippen LogP contribution < -0.4 is 0 Å². The minimum atomic E-state index is -0.602. The van der Waals surface area contributed by atoms with Gasteiger partial charge in [0.15, 0.2) is 0 Å². The summed E-state index contributed by atoms with van der Waals surface area (Å²) in [4.78, 5) is 41.2. The third-order valence-corrected chi connectivity index (χ3v) is 28.0. The van der Waals surface area contributed by atoms with Crippen molar-refractivity contribution in [2.45, 2.75) is 206 Å². The Bertz CT molecular complexity index is 4990. The van der Waals surface area contributed by atoms with E-state index in [0.29, 0.717) is 97.4 Å². The Morgan fingerprint density at radius 2 is 0.303 bits per heavy atom. The molecular formula is C104H128N8O16S4. The van der Waals surface area contributed by atoms with Crippen molar-refractivity contribution in [1.29, 1.82) is 0 Å². The topological polar surface area (TPSA) is 335 Å². The number of aliphatic imine (C=N–C) groups is 8. The number of phenols is 8. The number of hydrogen-bond donors (Lipinski definition) is 8. The summed E-state index contributed by atoms with van der Waals surface area (Å²) in [6.07, 6.45) is 27.3. The Morgan fingerprint density at radius 1 is 0.189 bits per heavy atom. The molecule has 0 aliphatic carbocycles. The van der Waals surface area contributed by atoms with Crippen LogP contribution >= 0.6 is 45.3 Å². The maximum atomic E-state index is 11.9. The summed E-state index contributed by atoms with van der Waals surface area (Å²) in [6, 6.07) is 24.0. The molecule has 0 fully saturated rings. The third kappa shape index (κ3) is 26.4. The van der Waals surface area contributed by atoms with Crippen LogP contribution in [0.15, 0.2) is 137 Å². The number of nitrogens with zero attached hydrogens (tertiary/aromatic N) is 8. The fourth-order valence-electron chi connectivity index (χ4n) is 15.4. The van der Waals surface area contributed by atoms with E-state index in [1.54, 1.807) is 98.2 Å². The Morgan fingerprint density at radius 3 is 0.409 bits per heavy atom. The van der Waals surface area contributed by atoms with E-state index < -0.39 is 48.3 Å². The fraction of sp³-hybridized carbons (Fsp3) is 0.462. The smallest absolute Gasteiger partial charge is 0.125 e. The van der Waals surface area contributed by atoms with Crippen LogP contribution in [-0.2, 0) is 37.9 Å². The predicted molar refractivity (Wildman–Crippen MR) is 548 cm³/mol. The summed E-state index contributed by atoms with van der Waals surface area (Å²) >= 11 is 6.01. The SMILES string of the molecule is CCCCOC[C@@H]1N=Cc2cc3sc4cc(c(O)cc4c3cc2O)C=N[C@@H](COCCCC)[C@H](COCCCC)N=Cc2cc3sc4cc(c(O)cc4c3cc2O)C=N[C@@H](COCCCC)[C@H](COCCCC)N=Cc2cc3sc4cc(c(O)cc4c3cc2O)C=N[C@@H](COCCCC)[C@H](COCCCC)N=Cc2cc3sc4cc(c(O)cc4c3cc2O)C=N[C@H]1COCCCC. The number of rotatable bonds is 40. The maximum Gasteiger partial charge on any atom is 0.125 e. The quantitative estimate of drug-likeness (QED) is 0.0165. The molecule has 1 aliphatic heterocycles. The van der Waals surface area contributed by atoms with Gasteiger partial charge in [-0.05, 0) is 148 Å². The van der Waals surface area contributed by atoms with E-state index in [-0.39, 0.29) is 98.9 Å². The lowest BCUT2D eigenvalue weighted by atomic mass is 10.1. The lowest BCUT2D eigenvalue weighted by Gasteiger charge is -2.21. The van der Waals surface area contributed by atoms with Crippen LogP contribution in [0.25, 0.3) is 80.7 Å². The molecule has 12 aromatic rings. The normalized spacial score (nSPS) is 18.0. The molecule has 704 valence electrons. The van der Waals surface area contributed by atoms with E-state index in [2.05, 4.69) is 55.4 Å². The van der Waals surface area contributed by atoms with Crippen molar-refractivity contribution in [3.05, 3.63) is 142 Å². The van der Waals surface area contributed by atoms with Crippen LogP contribution in [0.1, 0.15) is 203 Å². The van der Waals surface area contributed by atoms with Crippen molar-refractivity contribution in [1.82, 2.24) is 0 Å². The molecule has 0 spiro atoms. The van der Waals surface area contributed by atoms with Gasteiger partial charge in [-0.3, -0.25) is 39.9 Å². The van der Waals surface area contributed by atoms with Gasteiger partial charge in [0, 0.05) is 228 Å². The summed E-state index contributed by atoms with van der Waals surface area (Å²) in [6.45, 7) is 22.3. The molecule has 0 amide bonds. The summed E-state index contributed by atoms with van der Waals surface area (Å²) < 4.78 is 57.4. The molecule has 132 heavy (non-hydrogen) atoms. The molecule has 0 radical (unpaired) electrons. The number of thiophene rings is 4. The zero-order valence-electron chi connectivity index (χ0n) is 77.2. The zero-order chi connectivity index (χ0) is 92.8. The first kappa shape index (κ1) is 99.6. The first-order chi connectivity index (χ1) is 64.4. The number of benzene rings is 8. The monoisotopic (exact) mass is 1870 g/mol. The van der Waals surface area contributed by atoms with Crippen molar-refractivity contribution in [2.75, 3.05) is 106 Å². The van der Waals surface area contributed by atoms with Crippen LogP contribution in [0.3, 0.4) is 0 Å². The van der Waals surface area contributed by atoms with Gasteiger partial charge in [-0.1, -0.05) is 107 Å². The van der Waals surface area contributed by atoms with Gasteiger partial charge >= 0.3 is 0 Å². The van der Waals surface area contributed by atoms with Crippen molar-refractivity contribution in [2.24, 2.45) is 39.9 Å². The van der Waals surface area contributed by atoms with Crippen LogP contribution in [-0.4, -0.2) is 245 Å². The fourth-order valence-corrected chi connectivity index (χ4v) is 20.0. The molecule has 16 bridgehead atoms. The largest absolute Gasteiger partial charge is 0.507 e. The van der Waals surface area contributed by atoms with Gasteiger partial charge in [0.25, 0.3) is 0 Å². The van der Waals surface area contributed by atoms with E-state index in [0.717, 1.165) is 183 Å². The molecular weight excluding hydrogens is 1750 g/mol. The van der Waals surface area contributed by atoms with E-state index >= 15 is 0 Å². The van der Waals surface area contributed by atoms with Gasteiger partial charge in [-0.25, -0.2) is 0 Å². The van der Waals surface area contributed by atoms with Crippen molar-refractivity contribution in [3.63, 3.8) is 0 Å². The standard InChI is InChI=1S/C104H128N8O16S4/c1-9-17-25-121-57-81-82(58-122-26-18-10-2)106-50-66-34-98-74(42-90(66)114)76-44-92(116)68(36-100(76)130-98)52-108-85(61-125-29-21-13-5)86(62-126-30-22-14-6)110-54-70-38-102-78(46-94(70)118)80-48-96(120)72(40-104(80)132-102)56-112-88(64-128-32-24-16-8)87(63-127-31-23-15-7)111-55-71-39-103-79(47-95(71)119)77-45-93(117)69(37-101(77)131-103)53-109-84(60-124-28-20-12-4)83(59-123-27-19-11-3)107-51-67-35-99-75(43-91(67)115)73-41-89(113)65(49-105-81)33-97(73)129-99/h33-56,81-88,113-120H,9-32,57-64H2,1-8H3/t81-,82-,83-,84-,85-,86-,87-,88-/m0/s1. The summed E-state index contributed by atoms with van der Waals surface area (Å²) in [5.74, 6) is -0.136. The number of fused-ring (bicyclic) bond motifs is 12. The van der Waals surface area contributed by atoms with Crippen LogP contribution in [0.2, 0.25) is 0 Å². The number of aromatic hydroxyl groups is 8.